The van der Waals surface area contributed by atoms with E-state index < -0.39 is 51.5 Å². The Morgan fingerprint density at radius 1 is 1.29 bits per heavy atom. The third kappa shape index (κ3) is 6.15. The molecule has 0 aromatic carbocycles. The number of oxime groups is 1. The third-order valence-electron chi connectivity index (χ3n) is 7.04. The first-order valence-electron chi connectivity index (χ1n) is 12.6. The second-order valence-corrected chi connectivity index (χ2v) is 12.2. The summed E-state index contributed by atoms with van der Waals surface area (Å²) in [6.45, 7) is 1.80. The number of carbonyl (C=O) groups is 3. The van der Waals surface area contributed by atoms with Gasteiger partial charge in [0.15, 0.2) is 10.8 Å². The fourth-order valence-electron chi connectivity index (χ4n) is 4.54. The Balaban J connectivity index is 1.32. The molecule has 2 aromatic rings. The maximum absolute atomic E-state index is 13.2. The fourth-order valence-corrected chi connectivity index (χ4v) is 5.96. The summed E-state index contributed by atoms with van der Waals surface area (Å²) in [5.41, 5.74) is 10.1. The van der Waals surface area contributed by atoms with Crippen LogP contribution in [0.15, 0.2) is 16.7 Å². The van der Waals surface area contributed by atoms with Gasteiger partial charge in [-0.15, -0.1) is 11.3 Å². The molecule has 20 heteroatoms. The van der Waals surface area contributed by atoms with E-state index in [9.17, 15) is 32.5 Å². The monoisotopic (exact) mass is 612 g/mol. The molecule has 5 rings (SSSR count). The highest BCUT2D eigenvalue weighted by atomic mass is 32.2. The number of carbonyl (C=O) groups excluding carboxylic acids is 2. The number of carboxylic acid groups (broad SMARTS) is 1. The van der Waals surface area contributed by atoms with Crippen molar-refractivity contribution in [3.63, 3.8) is 0 Å². The topological polar surface area (TPSA) is 262 Å². The maximum atomic E-state index is 13.2. The van der Waals surface area contributed by atoms with E-state index in [1.54, 1.807) is 0 Å². The van der Waals surface area contributed by atoms with Crippen LogP contribution in [0.2, 0.25) is 0 Å². The van der Waals surface area contributed by atoms with Crippen molar-refractivity contribution in [2.75, 3.05) is 18.8 Å². The number of aliphatic carboxylic acids is 1. The van der Waals surface area contributed by atoms with Gasteiger partial charge in [-0.2, -0.15) is 23.4 Å². The zero-order valence-corrected chi connectivity index (χ0v) is 23.1. The first kappa shape index (κ1) is 28.8. The predicted octanol–water partition coefficient (Wildman–Crippen LogP) is -2.22. The van der Waals surface area contributed by atoms with Crippen LogP contribution >= 0.6 is 11.3 Å². The zero-order valence-electron chi connectivity index (χ0n) is 21.5. The van der Waals surface area contributed by atoms with Crippen molar-refractivity contribution in [3.05, 3.63) is 23.0 Å². The van der Waals surface area contributed by atoms with Crippen molar-refractivity contribution in [1.82, 2.24) is 34.5 Å². The number of thiazole rings is 1. The molecule has 2 amide bonds. The Labute approximate surface area is 237 Å². The minimum atomic E-state index is -4.98. The number of β-lactam (4-membered cyclic amide) rings is 1. The average molecular weight is 613 g/mol. The lowest BCUT2D eigenvalue weighted by Gasteiger charge is -2.43. The van der Waals surface area contributed by atoms with Crippen LogP contribution in [-0.2, 0) is 42.6 Å². The molecule has 0 radical (unpaired) electrons. The number of likely N-dealkylation sites (tertiary alicyclic amines) is 1. The number of amides is 2. The quantitative estimate of drug-likeness (QED) is 0.0779. The molecule has 3 aliphatic rings. The number of hydrogen-bond donors (Lipinski definition) is 5. The number of nitrogens with one attached hydrogen (secondary N) is 1. The summed E-state index contributed by atoms with van der Waals surface area (Å²) in [4.78, 5) is 49.9. The van der Waals surface area contributed by atoms with Crippen LogP contribution < -0.4 is 16.8 Å². The molecule has 1 saturated carbocycles. The van der Waals surface area contributed by atoms with Gasteiger partial charge in [0.1, 0.15) is 17.8 Å². The normalized spacial score (nSPS) is 23.2. The molecule has 2 aromatic heterocycles. The molecule has 41 heavy (non-hydrogen) atoms. The number of nitrogens with zero attached hydrogens (tertiary/aromatic N) is 7. The van der Waals surface area contributed by atoms with Gasteiger partial charge >= 0.3 is 16.3 Å². The number of aromatic nitrogens is 4. The number of nitrogen functional groups attached to an aromatic ring is 1. The van der Waals surface area contributed by atoms with Crippen molar-refractivity contribution in [2.45, 2.75) is 62.5 Å². The summed E-state index contributed by atoms with van der Waals surface area (Å²) >= 11 is 0.982. The van der Waals surface area contributed by atoms with Crippen LogP contribution in [0.25, 0.3) is 0 Å². The minimum absolute atomic E-state index is 0.0433. The van der Waals surface area contributed by atoms with Gasteiger partial charge in [0.25, 0.3) is 11.8 Å². The van der Waals surface area contributed by atoms with E-state index in [-0.39, 0.29) is 40.6 Å². The highest BCUT2D eigenvalue weighted by Crippen LogP contribution is 2.40. The second kappa shape index (κ2) is 10.9. The van der Waals surface area contributed by atoms with E-state index in [2.05, 4.69) is 30.6 Å². The van der Waals surface area contributed by atoms with Crippen LogP contribution in [0.1, 0.15) is 37.1 Å². The van der Waals surface area contributed by atoms with E-state index in [1.807, 2.05) is 0 Å². The van der Waals surface area contributed by atoms with Crippen molar-refractivity contribution < 1.29 is 37.3 Å². The SMILES string of the molecule is Nc1nc(/C(=N\OC2(C(=O)O)CC2)C(=O)N[C@@H]2C(=O)N(S(=O)(=O)O)[C@@H]2Cn2ncc(CN3CCC(N)CC3)n2)cs1. The van der Waals surface area contributed by atoms with E-state index in [1.165, 1.54) is 16.4 Å². The van der Waals surface area contributed by atoms with Crippen LogP contribution in [-0.4, -0.2) is 108 Å². The van der Waals surface area contributed by atoms with Gasteiger partial charge in [-0.1, -0.05) is 5.16 Å². The Morgan fingerprint density at radius 2 is 2.00 bits per heavy atom. The van der Waals surface area contributed by atoms with Gasteiger partial charge in [0.2, 0.25) is 5.60 Å². The van der Waals surface area contributed by atoms with Gasteiger partial charge < -0.3 is 26.7 Å². The lowest BCUT2D eigenvalue weighted by Crippen LogP contribution is -2.73. The number of rotatable bonds is 11. The third-order valence-corrected chi connectivity index (χ3v) is 8.66. The van der Waals surface area contributed by atoms with Gasteiger partial charge in [-0.05, 0) is 12.8 Å². The number of piperidine rings is 1. The lowest BCUT2D eigenvalue weighted by atomic mass is 9.98. The Bertz CT molecular complexity index is 1480. The highest BCUT2D eigenvalue weighted by molar-refractivity contribution is 7.84. The van der Waals surface area contributed by atoms with Gasteiger partial charge in [-0.3, -0.25) is 19.0 Å². The molecule has 0 bridgehead atoms. The summed E-state index contributed by atoms with van der Waals surface area (Å²) in [7, 11) is -4.98. The first-order valence-corrected chi connectivity index (χ1v) is 14.8. The Hall–Kier alpha value is -3.72. The molecule has 3 fully saturated rings. The zero-order chi connectivity index (χ0) is 29.5. The van der Waals surface area contributed by atoms with Crippen molar-refractivity contribution in [1.29, 1.82) is 0 Å². The van der Waals surface area contributed by atoms with Crippen LogP contribution in [0.3, 0.4) is 0 Å². The Kier molecular flexibility index (Phi) is 7.68. The molecular weight excluding hydrogens is 584 g/mol. The van der Waals surface area contributed by atoms with Crippen LogP contribution in [0, 0.1) is 0 Å². The number of nitrogens with two attached hydrogens (primary N) is 2. The number of carboxylic acids is 1. The van der Waals surface area contributed by atoms with E-state index in [0.29, 0.717) is 12.2 Å². The number of anilines is 1. The van der Waals surface area contributed by atoms with Gasteiger partial charge in [-0.25, -0.2) is 14.1 Å². The highest BCUT2D eigenvalue weighted by Gasteiger charge is 2.56. The molecule has 2 saturated heterocycles. The van der Waals surface area contributed by atoms with Crippen LogP contribution in [0.4, 0.5) is 5.13 Å². The molecule has 4 heterocycles. The fraction of sp³-hybridized carbons (Fsp3) is 0.571. The smallest absolute Gasteiger partial charge is 0.362 e. The molecule has 0 unspecified atom stereocenters. The van der Waals surface area contributed by atoms with Crippen molar-refractivity contribution in [2.24, 2.45) is 10.9 Å². The minimum Gasteiger partial charge on any atom is -0.478 e. The van der Waals surface area contributed by atoms with Gasteiger partial charge in [0.05, 0.1) is 18.4 Å². The molecule has 7 N–H and O–H groups in total. The molecule has 2 aliphatic heterocycles. The van der Waals surface area contributed by atoms with Crippen molar-refractivity contribution in [3.8, 4) is 0 Å². The van der Waals surface area contributed by atoms with E-state index in [0.717, 1.165) is 37.3 Å². The predicted molar refractivity (Wildman–Crippen MR) is 140 cm³/mol. The van der Waals surface area contributed by atoms with Crippen molar-refractivity contribution >= 4 is 50.3 Å². The standard InChI is InChI=1S/C21H28N10O8S2/c22-11-1-5-29(6-2-11)8-12-7-24-30(27-12)9-14-16(18(33)31(14)41(36,37)38)26-17(32)15(13-10-40-20(23)25-13)28-39-21(3-4-21)19(34)35/h7,10-11,14,16H,1-6,8-9,22H2,(H2,23,25)(H,26,32)(H,34,35)(H,36,37,38)/b28-15+/t14-,16+/m1/s1. The molecule has 222 valence electrons. The molecular formula is C21H28N10O8S2. The first-order chi connectivity index (χ1) is 19.4. The summed E-state index contributed by atoms with van der Waals surface area (Å²) in [6.07, 6.45) is 3.56. The summed E-state index contributed by atoms with van der Waals surface area (Å²) in [6, 6.07) is -2.56. The van der Waals surface area contributed by atoms with E-state index >= 15 is 0 Å². The molecule has 18 nitrogen and oxygen atoms in total. The maximum Gasteiger partial charge on any atom is 0.362 e. The average Bonchev–Trinajstić information content (AvgIpc) is 3.38. The number of hydrogen-bond acceptors (Lipinski definition) is 14. The molecule has 0 spiro atoms. The van der Waals surface area contributed by atoms with Gasteiger partial charge in [0, 0.05) is 43.9 Å². The lowest BCUT2D eigenvalue weighted by molar-refractivity contribution is -0.153. The van der Waals surface area contributed by atoms with Crippen LogP contribution in [0.5, 0.6) is 0 Å². The largest absolute Gasteiger partial charge is 0.478 e. The van der Waals surface area contributed by atoms with E-state index in [4.69, 9.17) is 16.3 Å². The summed E-state index contributed by atoms with van der Waals surface area (Å²) in [5, 5.41) is 25.4. The Morgan fingerprint density at radius 3 is 2.59 bits per heavy atom. The summed E-state index contributed by atoms with van der Waals surface area (Å²) < 4.78 is 33.8. The molecule has 1 aliphatic carbocycles. The molecule has 2 atom stereocenters. The summed E-state index contributed by atoms with van der Waals surface area (Å²) in [5.74, 6) is -3.37. The second-order valence-electron chi connectivity index (χ2n) is 10.0.